The van der Waals surface area contributed by atoms with Gasteiger partial charge in [-0.2, -0.15) is 0 Å². The Morgan fingerprint density at radius 3 is 2.44 bits per heavy atom. The van der Waals surface area contributed by atoms with Crippen molar-refractivity contribution in [3.05, 3.63) is 71.9 Å². The van der Waals surface area contributed by atoms with Crippen LogP contribution in [0.15, 0.2) is 55.2 Å². The summed E-state index contributed by atoms with van der Waals surface area (Å²) >= 11 is 0. The average molecular weight is 440 g/mol. The van der Waals surface area contributed by atoms with Gasteiger partial charge in [-0.3, -0.25) is 4.98 Å². The molecule has 168 valence electrons. The number of hydrogen-bond donors (Lipinski definition) is 1. The van der Waals surface area contributed by atoms with E-state index >= 15 is 0 Å². The van der Waals surface area contributed by atoms with Gasteiger partial charge in [-0.1, -0.05) is 18.7 Å². The van der Waals surface area contributed by atoms with Gasteiger partial charge in [0.25, 0.3) is 5.92 Å². The molecule has 0 saturated heterocycles. The first-order valence-corrected chi connectivity index (χ1v) is 10.1. The molecular weight excluding hydrogens is 414 g/mol. The molecule has 0 aliphatic rings. The monoisotopic (exact) mass is 440 g/mol. The van der Waals surface area contributed by atoms with Gasteiger partial charge in [-0.15, -0.1) is 0 Å². The van der Waals surface area contributed by atoms with Crippen LogP contribution in [0.1, 0.15) is 44.4 Å². The Labute approximate surface area is 186 Å². The van der Waals surface area contributed by atoms with Gasteiger partial charge in [0, 0.05) is 30.6 Å². The second-order valence-corrected chi connectivity index (χ2v) is 8.42. The normalized spacial score (nSPS) is 11.8. The number of fused-ring (bicyclic) bond motifs is 1. The van der Waals surface area contributed by atoms with Gasteiger partial charge in [-0.05, 0) is 68.3 Å². The molecule has 32 heavy (non-hydrogen) atoms. The zero-order chi connectivity index (χ0) is 23.5. The molecule has 1 heterocycles. The van der Waals surface area contributed by atoms with Crippen LogP contribution < -0.4 is 10.1 Å². The first kappa shape index (κ1) is 23.2. The Morgan fingerprint density at radius 1 is 1.16 bits per heavy atom. The van der Waals surface area contributed by atoms with E-state index in [1.54, 1.807) is 45.2 Å². The summed E-state index contributed by atoms with van der Waals surface area (Å²) < 4.78 is 38.3. The van der Waals surface area contributed by atoms with Crippen LogP contribution in [0.25, 0.3) is 17.0 Å². The molecule has 0 spiro atoms. The number of carbonyl (C=O) groups is 1. The van der Waals surface area contributed by atoms with Crippen LogP contribution in [0.5, 0.6) is 11.5 Å². The second kappa shape index (κ2) is 8.94. The van der Waals surface area contributed by atoms with Crippen LogP contribution in [0.2, 0.25) is 0 Å². The predicted molar refractivity (Wildman–Crippen MR) is 121 cm³/mol. The van der Waals surface area contributed by atoms with Gasteiger partial charge in [-0.25, -0.2) is 13.6 Å². The Hall–Kier alpha value is -3.48. The summed E-state index contributed by atoms with van der Waals surface area (Å²) in [6.45, 7) is 10.3. The third-order valence-electron chi connectivity index (χ3n) is 4.60. The number of nitrogens with one attached hydrogen (secondary N) is 1. The summed E-state index contributed by atoms with van der Waals surface area (Å²) in [5.74, 6) is -2.11. The first-order chi connectivity index (χ1) is 15.0. The fraction of sp³-hybridized carbons (Fsp3) is 0.280. The number of hydrogen-bond acceptors (Lipinski definition) is 4. The Balaban J connectivity index is 1.95. The highest BCUT2D eigenvalue weighted by Crippen LogP contribution is 2.35. The fourth-order valence-corrected chi connectivity index (χ4v) is 3.19. The van der Waals surface area contributed by atoms with Gasteiger partial charge in [0.1, 0.15) is 16.9 Å². The van der Waals surface area contributed by atoms with E-state index in [4.69, 9.17) is 9.47 Å². The molecule has 2 aromatic carbocycles. The molecule has 0 aliphatic heterocycles. The minimum absolute atomic E-state index is 0.0999. The van der Waals surface area contributed by atoms with Gasteiger partial charge < -0.3 is 14.8 Å². The average Bonchev–Trinajstić information content (AvgIpc) is 2.71. The Morgan fingerprint density at radius 2 is 1.84 bits per heavy atom. The van der Waals surface area contributed by atoms with Crippen molar-refractivity contribution >= 4 is 23.1 Å². The summed E-state index contributed by atoms with van der Waals surface area (Å²) in [6, 6.07) is 11.1. The van der Waals surface area contributed by atoms with Gasteiger partial charge >= 0.3 is 6.09 Å². The molecule has 3 rings (SSSR count). The molecule has 0 unspecified atom stereocenters. The number of rotatable bonds is 6. The maximum Gasteiger partial charge on any atom is 0.407 e. The lowest BCUT2D eigenvalue weighted by Crippen LogP contribution is -2.32. The van der Waals surface area contributed by atoms with Crippen LogP contribution in [-0.2, 0) is 17.2 Å². The molecule has 1 aromatic heterocycles. The Kier molecular flexibility index (Phi) is 6.48. The number of ether oxygens (including phenoxy) is 2. The standard InChI is InChI=1S/C25H26F2N2O3/c1-6-19-16(15-29-23(30)32-24(2,3)4)14-21(22-20(19)8-7-13-28-22)31-18-11-9-17(10-12-18)25(5,26)27/h6-14H,1,15H2,2-5H3,(H,29,30). The maximum atomic E-state index is 13.5. The number of benzene rings is 2. The molecule has 0 aliphatic carbocycles. The van der Waals surface area contributed by atoms with E-state index < -0.39 is 17.6 Å². The molecule has 0 saturated carbocycles. The fourth-order valence-electron chi connectivity index (χ4n) is 3.19. The molecule has 0 bridgehead atoms. The first-order valence-electron chi connectivity index (χ1n) is 10.1. The van der Waals surface area contributed by atoms with Crippen molar-refractivity contribution in [2.24, 2.45) is 0 Å². The number of halogens is 2. The van der Waals surface area contributed by atoms with Crippen molar-refractivity contribution in [2.75, 3.05) is 0 Å². The summed E-state index contributed by atoms with van der Waals surface area (Å²) in [7, 11) is 0. The number of alkyl carbamates (subject to hydrolysis) is 1. The number of pyridine rings is 1. The zero-order valence-electron chi connectivity index (χ0n) is 18.5. The molecule has 7 heteroatoms. The molecular formula is C25H26F2N2O3. The molecule has 0 fully saturated rings. The highest BCUT2D eigenvalue weighted by Gasteiger charge is 2.24. The third-order valence-corrected chi connectivity index (χ3v) is 4.60. The van der Waals surface area contributed by atoms with E-state index in [-0.39, 0.29) is 12.1 Å². The lowest BCUT2D eigenvalue weighted by atomic mass is 10.0. The summed E-state index contributed by atoms with van der Waals surface area (Å²) in [6.07, 6.45) is 2.79. The Bertz CT molecular complexity index is 1130. The van der Waals surface area contributed by atoms with E-state index in [0.717, 1.165) is 23.4 Å². The van der Waals surface area contributed by atoms with Crippen LogP contribution in [0, 0.1) is 0 Å². The second-order valence-electron chi connectivity index (χ2n) is 8.42. The minimum Gasteiger partial charge on any atom is -0.455 e. The van der Waals surface area contributed by atoms with Crippen molar-refractivity contribution in [3.63, 3.8) is 0 Å². The van der Waals surface area contributed by atoms with E-state index in [2.05, 4.69) is 16.9 Å². The molecule has 1 amide bonds. The van der Waals surface area contributed by atoms with Crippen molar-refractivity contribution < 1.29 is 23.0 Å². The van der Waals surface area contributed by atoms with Crippen LogP contribution >= 0.6 is 0 Å². The molecule has 1 N–H and O–H groups in total. The lowest BCUT2D eigenvalue weighted by molar-refractivity contribution is 0.0174. The third kappa shape index (κ3) is 5.60. The van der Waals surface area contributed by atoms with Crippen LogP contribution in [0.3, 0.4) is 0 Å². The number of nitrogens with zero attached hydrogens (tertiary/aromatic N) is 1. The van der Waals surface area contributed by atoms with Gasteiger partial charge in [0.15, 0.2) is 5.75 Å². The van der Waals surface area contributed by atoms with Crippen molar-refractivity contribution in [2.45, 2.75) is 45.8 Å². The van der Waals surface area contributed by atoms with E-state index in [1.807, 2.05) is 6.07 Å². The topological polar surface area (TPSA) is 60.5 Å². The minimum atomic E-state index is -2.93. The van der Waals surface area contributed by atoms with Gasteiger partial charge in [0.05, 0.1) is 0 Å². The number of aromatic nitrogens is 1. The number of alkyl halides is 2. The van der Waals surface area contributed by atoms with E-state index in [9.17, 15) is 13.6 Å². The lowest BCUT2D eigenvalue weighted by Gasteiger charge is -2.20. The summed E-state index contributed by atoms with van der Waals surface area (Å²) in [5.41, 5.74) is 1.43. The highest BCUT2D eigenvalue weighted by atomic mass is 19.3. The van der Waals surface area contributed by atoms with Crippen LogP contribution in [0.4, 0.5) is 13.6 Å². The smallest absolute Gasteiger partial charge is 0.407 e. The van der Waals surface area contributed by atoms with Crippen LogP contribution in [-0.4, -0.2) is 16.7 Å². The molecule has 0 radical (unpaired) electrons. The molecule has 0 atom stereocenters. The molecule has 5 nitrogen and oxygen atoms in total. The molecule has 3 aromatic rings. The summed E-state index contributed by atoms with van der Waals surface area (Å²) in [4.78, 5) is 16.5. The SMILES string of the molecule is C=Cc1c(CNC(=O)OC(C)(C)C)cc(Oc2ccc(C(C)(F)F)cc2)c2ncccc12. The maximum absolute atomic E-state index is 13.5. The quantitative estimate of drug-likeness (QED) is 0.458. The number of carbonyl (C=O) groups excluding carboxylic acids is 1. The zero-order valence-corrected chi connectivity index (χ0v) is 18.5. The largest absolute Gasteiger partial charge is 0.455 e. The van der Waals surface area contributed by atoms with Crippen molar-refractivity contribution in [1.29, 1.82) is 0 Å². The summed E-state index contributed by atoms with van der Waals surface area (Å²) in [5, 5.41) is 3.53. The van der Waals surface area contributed by atoms with Crippen molar-refractivity contribution in [1.82, 2.24) is 10.3 Å². The van der Waals surface area contributed by atoms with E-state index in [0.29, 0.717) is 17.0 Å². The van der Waals surface area contributed by atoms with Crippen molar-refractivity contribution in [3.8, 4) is 11.5 Å². The van der Waals surface area contributed by atoms with Gasteiger partial charge in [0.2, 0.25) is 0 Å². The highest BCUT2D eigenvalue weighted by molar-refractivity contribution is 5.93. The predicted octanol–water partition coefficient (Wildman–Crippen LogP) is 6.81. The van der Waals surface area contributed by atoms with E-state index in [1.165, 1.54) is 24.3 Å². The number of amides is 1.